The first-order valence-corrected chi connectivity index (χ1v) is 2.96. The summed E-state index contributed by atoms with van der Waals surface area (Å²) in [5.41, 5.74) is 0. The fourth-order valence-corrected chi connectivity index (χ4v) is 0.711. The molecule has 1 aromatic carbocycles. The molecule has 0 aromatic heterocycles. The molecule has 0 unspecified atom stereocenters. The number of rotatable bonds is 0. The molecule has 0 amide bonds. The van der Waals surface area contributed by atoms with Crippen LogP contribution in [0.25, 0.3) is 0 Å². The summed E-state index contributed by atoms with van der Waals surface area (Å²) < 4.78 is 0. The predicted molar refractivity (Wildman–Crippen MR) is 44.4 cm³/mol. The average molecular weight is 173 g/mol. The maximum atomic E-state index is 5.58. The second-order valence-electron chi connectivity index (χ2n) is 1.41. The summed E-state index contributed by atoms with van der Waals surface area (Å²) in [6, 6.07) is 7.19. The van der Waals surface area contributed by atoms with Crippen molar-refractivity contribution in [2.45, 2.75) is 0 Å². The quantitative estimate of drug-likeness (QED) is 0.529. The fourth-order valence-electron chi connectivity index (χ4n) is 0.439. The van der Waals surface area contributed by atoms with Crippen molar-refractivity contribution in [3.63, 3.8) is 0 Å². The zero-order valence-corrected chi connectivity index (χ0v) is 7.70. The molecule has 0 aliphatic carbocycles. The summed E-state index contributed by atoms with van der Waals surface area (Å²) in [5.74, 6) is 0. The zero-order chi connectivity index (χ0) is 5.98. The molecule has 1 rings (SSSR count). The van der Waals surface area contributed by atoms with Crippen molar-refractivity contribution in [3.05, 3.63) is 34.3 Å². The van der Waals surface area contributed by atoms with Crippen LogP contribution in [0.5, 0.6) is 0 Å². The van der Waals surface area contributed by atoms with Crippen LogP contribution in [-0.2, 0) is 0 Å². The van der Waals surface area contributed by atoms with Gasteiger partial charge < -0.3 is 2.85 Å². The van der Waals surface area contributed by atoms with Gasteiger partial charge in [0, 0.05) is 0 Å². The zero-order valence-electron chi connectivity index (χ0n) is 6.77. The van der Waals surface area contributed by atoms with Gasteiger partial charge in [0.15, 0.2) is 0 Å². The molecule has 0 saturated carbocycles. The summed E-state index contributed by atoms with van der Waals surface area (Å²) in [6.45, 7) is 0. The van der Waals surface area contributed by atoms with Crippen LogP contribution < -0.4 is 0 Å². The minimum Gasteiger partial charge on any atom is -1.00 e. The Morgan fingerprint density at radius 2 is 1.33 bits per heavy atom. The van der Waals surface area contributed by atoms with Gasteiger partial charge in [0.2, 0.25) is 0 Å². The molecule has 0 atom stereocenters. The van der Waals surface area contributed by atoms with Gasteiger partial charge in [-0.3, -0.25) is 0 Å². The Morgan fingerprint density at radius 3 is 1.56 bits per heavy atom. The van der Waals surface area contributed by atoms with E-state index in [1.165, 1.54) is 0 Å². The van der Waals surface area contributed by atoms with E-state index in [0.29, 0.717) is 10.0 Å². The maximum Gasteiger partial charge on any atom is 2.00 e. The van der Waals surface area contributed by atoms with Crippen molar-refractivity contribution in [1.82, 2.24) is 0 Å². The molecule has 0 fully saturated rings. The predicted octanol–water partition coefficient (Wildman–Crippen LogP) is 2.84. The largest absolute Gasteiger partial charge is 2.00 e. The first-order valence-electron chi connectivity index (χ1n) is 2.21. The van der Waals surface area contributed by atoms with E-state index in [1.54, 1.807) is 12.1 Å². The van der Waals surface area contributed by atoms with Crippen LogP contribution in [0.15, 0.2) is 24.3 Å². The van der Waals surface area contributed by atoms with Crippen LogP contribution in [0.1, 0.15) is 2.85 Å². The van der Waals surface area contributed by atoms with Gasteiger partial charge in [-0.05, 0) is 12.1 Å². The number of hydrogen-bond donors (Lipinski definition) is 0. The fraction of sp³-hybridized carbons (Fsp3) is 0. The van der Waals surface area contributed by atoms with Crippen LogP contribution >= 0.6 is 23.2 Å². The number of hydrogen-bond acceptors (Lipinski definition) is 0. The maximum absolute atomic E-state index is 5.58. The van der Waals surface area contributed by atoms with E-state index in [1.807, 2.05) is 12.1 Å². The van der Waals surface area contributed by atoms with Crippen molar-refractivity contribution in [2.75, 3.05) is 0 Å². The molecule has 0 radical (unpaired) electrons. The Bertz CT molecular complexity index is 175. The summed E-state index contributed by atoms with van der Waals surface area (Å²) in [7, 11) is 0. The summed E-state index contributed by atoms with van der Waals surface area (Å²) >= 11 is 11.2. The molecule has 1 aromatic rings. The number of benzene rings is 1. The average Bonchev–Trinajstić information content (AvgIpc) is 1.77. The molecular weight excluding hydrogens is 167 g/mol. The van der Waals surface area contributed by atoms with E-state index < -0.39 is 0 Å². The summed E-state index contributed by atoms with van der Waals surface area (Å²) in [6.07, 6.45) is 0. The molecule has 0 nitrogen and oxygen atoms in total. The van der Waals surface area contributed by atoms with Crippen LogP contribution in [0.4, 0.5) is 0 Å². The Kier molecular flexibility index (Phi) is 4.67. The first kappa shape index (κ1) is 9.57. The topological polar surface area (TPSA) is 0 Å². The van der Waals surface area contributed by atoms with E-state index in [0.717, 1.165) is 0 Å². The van der Waals surface area contributed by atoms with Crippen molar-refractivity contribution in [3.8, 4) is 0 Å². The van der Waals surface area contributed by atoms with E-state index in [2.05, 4.69) is 0 Å². The van der Waals surface area contributed by atoms with Gasteiger partial charge in [-0.25, -0.2) is 0 Å². The van der Waals surface area contributed by atoms with Gasteiger partial charge in [-0.15, -0.1) is 0 Å². The standard InChI is InChI=1S/C6H4Cl2.Mg.2H/c7-5-3-1-2-4-6(5)8;;;/h1-4H;;;/q;+2;2*-1. The monoisotopic (exact) mass is 172 g/mol. The Hall–Kier alpha value is 0.566. The van der Waals surface area contributed by atoms with Crippen LogP contribution in [0, 0.1) is 0 Å². The molecule has 3 heteroatoms. The first-order chi connectivity index (χ1) is 3.80. The van der Waals surface area contributed by atoms with E-state index >= 15 is 0 Å². The Labute approximate surface area is 83.3 Å². The summed E-state index contributed by atoms with van der Waals surface area (Å²) in [5, 5.41) is 1.21. The molecule has 0 aliphatic heterocycles. The van der Waals surface area contributed by atoms with Gasteiger partial charge >= 0.3 is 23.1 Å². The normalized spacial score (nSPS) is 8.22. The van der Waals surface area contributed by atoms with Crippen LogP contribution in [0.2, 0.25) is 10.0 Å². The van der Waals surface area contributed by atoms with Gasteiger partial charge in [-0.2, -0.15) is 0 Å². The molecule has 0 aliphatic rings. The minimum absolute atomic E-state index is 0. The van der Waals surface area contributed by atoms with Crippen molar-refractivity contribution in [2.24, 2.45) is 0 Å². The van der Waals surface area contributed by atoms with Crippen LogP contribution in [0.3, 0.4) is 0 Å². The molecule has 46 valence electrons. The number of halogens is 2. The molecule has 0 bridgehead atoms. The van der Waals surface area contributed by atoms with E-state index in [-0.39, 0.29) is 25.9 Å². The van der Waals surface area contributed by atoms with Crippen molar-refractivity contribution >= 4 is 46.3 Å². The van der Waals surface area contributed by atoms with E-state index in [4.69, 9.17) is 23.2 Å². The second-order valence-corrected chi connectivity index (χ2v) is 2.23. The minimum atomic E-state index is 0. The molecule has 0 spiro atoms. The van der Waals surface area contributed by atoms with E-state index in [9.17, 15) is 0 Å². The molecule has 0 N–H and O–H groups in total. The second kappa shape index (κ2) is 4.39. The van der Waals surface area contributed by atoms with Crippen molar-refractivity contribution < 1.29 is 2.85 Å². The molecule has 0 heterocycles. The molecule has 0 saturated heterocycles. The van der Waals surface area contributed by atoms with Crippen LogP contribution in [-0.4, -0.2) is 23.1 Å². The SMILES string of the molecule is Clc1ccccc1Cl.[H-].[H-].[Mg+2]. The Balaban J connectivity index is -0.000000213. The van der Waals surface area contributed by atoms with Gasteiger partial charge in [0.25, 0.3) is 0 Å². The van der Waals surface area contributed by atoms with Gasteiger partial charge in [-0.1, -0.05) is 35.3 Å². The summed E-state index contributed by atoms with van der Waals surface area (Å²) in [4.78, 5) is 0. The van der Waals surface area contributed by atoms with Gasteiger partial charge in [0.1, 0.15) is 0 Å². The smallest absolute Gasteiger partial charge is 1.00 e. The molecular formula is C6H6Cl2Mg. The third-order valence-electron chi connectivity index (χ3n) is 0.824. The van der Waals surface area contributed by atoms with Gasteiger partial charge in [0.05, 0.1) is 10.0 Å². The molecule has 9 heavy (non-hydrogen) atoms. The Morgan fingerprint density at radius 1 is 1.00 bits per heavy atom. The third kappa shape index (κ3) is 2.76. The van der Waals surface area contributed by atoms with Crippen molar-refractivity contribution in [1.29, 1.82) is 0 Å². The third-order valence-corrected chi connectivity index (χ3v) is 1.58.